The molecule has 0 atom stereocenters. The van der Waals surface area contributed by atoms with Gasteiger partial charge in [0.1, 0.15) is 34.5 Å². The fourth-order valence-corrected chi connectivity index (χ4v) is 3.92. The molecule has 0 bridgehead atoms. The van der Waals surface area contributed by atoms with E-state index in [0.29, 0.717) is 35.6 Å². The van der Waals surface area contributed by atoms with Gasteiger partial charge in [-0.3, -0.25) is 0 Å². The maximum absolute atomic E-state index is 15.0. The van der Waals surface area contributed by atoms with Gasteiger partial charge in [-0.15, -0.1) is 0 Å². The van der Waals surface area contributed by atoms with Crippen molar-refractivity contribution in [2.75, 3.05) is 6.61 Å². The average molecular weight is 622 g/mol. The number of rotatable bonds is 10. The van der Waals surface area contributed by atoms with Crippen LogP contribution in [0.3, 0.4) is 0 Å². The molecule has 0 N–H and O–H groups in total. The summed E-state index contributed by atoms with van der Waals surface area (Å²) in [5.41, 5.74) is -1.91. The van der Waals surface area contributed by atoms with Gasteiger partial charge in [-0.2, -0.15) is 26.3 Å². The predicted octanol–water partition coefficient (Wildman–Crippen LogP) is 9.48. The molecule has 3 nitrogen and oxygen atoms in total. The summed E-state index contributed by atoms with van der Waals surface area (Å²) >= 11 is 0. The molecule has 4 aromatic carbocycles. The number of hydrogen-bond donors (Lipinski definition) is 0. The Balaban J connectivity index is 1.60. The summed E-state index contributed by atoms with van der Waals surface area (Å²) in [7, 11) is 0. The Bertz CT molecular complexity index is 1580. The van der Waals surface area contributed by atoms with Crippen molar-refractivity contribution in [3.8, 4) is 39.5 Å². The Morgan fingerprint density at radius 3 is 1.65 bits per heavy atom. The Morgan fingerprint density at radius 1 is 0.605 bits per heavy atom. The van der Waals surface area contributed by atoms with Gasteiger partial charge in [0, 0.05) is 17.7 Å². The zero-order valence-corrected chi connectivity index (χ0v) is 21.5. The van der Waals surface area contributed by atoms with Gasteiger partial charge in [-0.1, -0.05) is 24.3 Å². The van der Waals surface area contributed by atoms with Crippen molar-refractivity contribution in [3.63, 3.8) is 0 Å². The van der Waals surface area contributed by atoms with Crippen LogP contribution in [0.25, 0.3) is 22.3 Å². The van der Waals surface area contributed by atoms with Crippen LogP contribution in [0.5, 0.6) is 17.2 Å². The highest BCUT2D eigenvalue weighted by molar-refractivity contribution is 5.71. The van der Waals surface area contributed by atoms with E-state index in [9.17, 15) is 48.3 Å². The van der Waals surface area contributed by atoms with E-state index in [-0.39, 0.29) is 17.7 Å². The summed E-state index contributed by atoms with van der Waals surface area (Å²) in [5, 5.41) is 0. The first-order valence-corrected chi connectivity index (χ1v) is 12.1. The molecule has 0 saturated carbocycles. The first-order valence-electron chi connectivity index (χ1n) is 12.1. The van der Waals surface area contributed by atoms with E-state index in [2.05, 4.69) is 9.47 Å². The fraction of sp³-hybridized carbons (Fsp3) is 0.172. The van der Waals surface area contributed by atoms with Crippen molar-refractivity contribution in [2.45, 2.75) is 25.6 Å². The molecule has 0 saturated heterocycles. The summed E-state index contributed by atoms with van der Waals surface area (Å²) in [6.07, 6.45) is -14.8. The maximum atomic E-state index is 15.0. The molecule has 0 unspecified atom stereocenters. The van der Waals surface area contributed by atoms with E-state index < -0.39 is 70.4 Å². The maximum Gasteiger partial charge on any atom is 0.461 e. The second-order valence-electron chi connectivity index (χ2n) is 8.77. The van der Waals surface area contributed by atoms with Crippen LogP contribution in [-0.2, 0) is 6.11 Å². The molecule has 0 aliphatic heterocycles. The third kappa shape index (κ3) is 6.78. The molecule has 0 aliphatic rings. The monoisotopic (exact) mass is 622 g/mol. The number of alkyl halides is 6. The zero-order valence-electron chi connectivity index (χ0n) is 21.5. The second kappa shape index (κ2) is 12.0. The van der Waals surface area contributed by atoms with Crippen LogP contribution < -0.4 is 14.2 Å². The quantitative estimate of drug-likeness (QED) is 0.165. The zero-order chi connectivity index (χ0) is 31.7. The number of halogens is 11. The highest BCUT2D eigenvalue weighted by Gasteiger charge is 2.46. The lowest BCUT2D eigenvalue weighted by Crippen LogP contribution is -2.34. The highest BCUT2D eigenvalue weighted by Crippen LogP contribution is 2.40. The van der Waals surface area contributed by atoms with Crippen molar-refractivity contribution in [2.24, 2.45) is 0 Å². The van der Waals surface area contributed by atoms with E-state index in [1.807, 2.05) is 0 Å². The Labute approximate surface area is 236 Å². The van der Waals surface area contributed by atoms with Crippen LogP contribution in [0.1, 0.15) is 12.5 Å². The molecule has 0 aliphatic carbocycles. The number of hydrogen-bond acceptors (Lipinski definition) is 3. The largest absolute Gasteiger partial charge is 0.494 e. The molecule has 43 heavy (non-hydrogen) atoms. The molecule has 0 radical (unpaired) electrons. The molecule has 4 rings (SSSR count). The van der Waals surface area contributed by atoms with Gasteiger partial charge in [-0.05, 0) is 53.9 Å². The molecular formula is C29H17F11O3. The third-order valence-electron chi connectivity index (χ3n) is 5.82. The van der Waals surface area contributed by atoms with Crippen molar-refractivity contribution in [1.29, 1.82) is 0 Å². The van der Waals surface area contributed by atoms with Crippen molar-refractivity contribution < 1.29 is 62.5 Å². The predicted molar refractivity (Wildman–Crippen MR) is 131 cm³/mol. The molecule has 228 valence electrons. The number of benzene rings is 4. The van der Waals surface area contributed by atoms with E-state index in [1.165, 1.54) is 6.07 Å². The minimum absolute atomic E-state index is 0.153. The summed E-state index contributed by atoms with van der Waals surface area (Å²) in [6.45, 7) is 2.23. The van der Waals surface area contributed by atoms with E-state index in [0.717, 1.165) is 12.1 Å². The minimum atomic E-state index is -5.34. The van der Waals surface area contributed by atoms with E-state index in [1.54, 1.807) is 31.2 Å². The van der Waals surface area contributed by atoms with Crippen LogP contribution in [0, 0.1) is 29.1 Å². The van der Waals surface area contributed by atoms with Gasteiger partial charge < -0.3 is 14.2 Å². The average Bonchev–Trinajstić information content (AvgIpc) is 2.90. The van der Waals surface area contributed by atoms with Gasteiger partial charge in [-0.25, -0.2) is 22.0 Å². The topological polar surface area (TPSA) is 27.7 Å². The first-order chi connectivity index (χ1) is 20.1. The molecule has 4 aromatic rings. The Kier molecular flexibility index (Phi) is 8.79. The highest BCUT2D eigenvalue weighted by atomic mass is 19.3. The van der Waals surface area contributed by atoms with Crippen LogP contribution in [-0.4, -0.2) is 19.1 Å². The molecule has 0 spiro atoms. The molecular weight excluding hydrogens is 605 g/mol. The lowest BCUT2D eigenvalue weighted by molar-refractivity contribution is -0.255. The summed E-state index contributed by atoms with van der Waals surface area (Å²) < 4.78 is 165. The molecule has 0 fully saturated rings. The fourth-order valence-electron chi connectivity index (χ4n) is 3.92. The number of ether oxygens (including phenoxy) is 3. The van der Waals surface area contributed by atoms with Crippen LogP contribution in [0.4, 0.5) is 48.3 Å². The normalized spacial score (nSPS) is 12.0. The van der Waals surface area contributed by atoms with Gasteiger partial charge in [0.25, 0.3) is 0 Å². The van der Waals surface area contributed by atoms with Gasteiger partial charge >= 0.3 is 18.6 Å². The van der Waals surface area contributed by atoms with Crippen molar-refractivity contribution >= 4 is 0 Å². The van der Waals surface area contributed by atoms with E-state index >= 15 is 0 Å². The summed E-state index contributed by atoms with van der Waals surface area (Å²) in [5.74, 6) is -12.1. The molecule has 0 aromatic heterocycles. The Morgan fingerprint density at radius 2 is 1.14 bits per heavy atom. The van der Waals surface area contributed by atoms with Gasteiger partial charge in [0.15, 0.2) is 17.4 Å². The molecule has 0 heterocycles. The van der Waals surface area contributed by atoms with Crippen molar-refractivity contribution in [1.82, 2.24) is 0 Å². The van der Waals surface area contributed by atoms with Crippen molar-refractivity contribution in [3.05, 3.63) is 101 Å². The lowest BCUT2D eigenvalue weighted by Gasteiger charge is -2.21. The van der Waals surface area contributed by atoms with Gasteiger partial charge in [0.2, 0.25) is 0 Å². The summed E-state index contributed by atoms with van der Waals surface area (Å²) in [4.78, 5) is 0. The van der Waals surface area contributed by atoms with Crippen LogP contribution in [0.15, 0.2) is 66.7 Å². The summed E-state index contributed by atoms with van der Waals surface area (Å²) in [6, 6.07) is 10.7. The SMILES string of the molecule is CCOc1ccc(-c2ccc(-c3cc(F)c(C(F)(F)Oc4cc(F)c(OC(F)(F)C(F)F)c(F)c4)c(F)c3)c(F)c2)cc1. The first kappa shape index (κ1) is 31.4. The van der Waals surface area contributed by atoms with Crippen LogP contribution in [0.2, 0.25) is 0 Å². The smallest absolute Gasteiger partial charge is 0.461 e. The van der Waals surface area contributed by atoms with Crippen LogP contribution >= 0.6 is 0 Å². The third-order valence-corrected chi connectivity index (χ3v) is 5.82. The lowest BCUT2D eigenvalue weighted by atomic mass is 9.98. The molecule has 0 amide bonds. The second-order valence-corrected chi connectivity index (χ2v) is 8.77. The Hall–Kier alpha value is -4.49. The minimum Gasteiger partial charge on any atom is -0.494 e. The standard InChI is InChI=1S/C29H17F11O3/c1-2-41-17-6-3-14(4-7-17)15-5-8-19(20(30)9-15)16-10-21(31)25(22(32)11-16)28(37,38)42-18-12-23(33)26(24(34)13-18)43-29(39,40)27(35)36/h3-13,27H,2H2,1H3. The molecule has 14 heteroatoms. The van der Waals surface area contributed by atoms with E-state index in [4.69, 9.17) is 4.74 Å². The van der Waals surface area contributed by atoms with Gasteiger partial charge in [0.05, 0.1) is 6.61 Å².